The lowest BCUT2D eigenvalue weighted by molar-refractivity contribution is -0.132. The number of Topliss-reactive ketones (excluding diaryl/α,β-unsaturated/α-hetero) is 1. The molecule has 0 spiro atoms. The van der Waals surface area contributed by atoms with Crippen molar-refractivity contribution >= 4 is 34.9 Å². The summed E-state index contributed by atoms with van der Waals surface area (Å²) in [4.78, 5) is 31.0. The normalized spacial score (nSPS) is 18.3. The SMILES string of the molecule is O=C1C(=O)N(c2ccccn2)C(c2ccccc2F)C1=C(O)c1ccc(Cl)cc1. The number of hydrogen-bond acceptors (Lipinski definition) is 4. The molecule has 5 nitrogen and oxygen atoms in total. The Morgan fingerprint density at radius 1 is 1.00 bits per heavy atom. The summed E-state index contributed by atoms with van der Waals surface area (Å²) in [5, 5.41) is 11.3. The summed E-state index contributed by atoms with van der Waals surface area (Å²) in [6, 6.07) is 15.6. The Bertz CT molecular complexity index is 1130. The van der Waals surface area contributed by atoms with Gasteiger partial charge in [-0.2, -0.15) is 0 Å². The Balaban J connectivity index is 1.97. The van der Waals surface area contributed by atoms with E-state index in [0.29, 0.717) is 5.02 Å². The molecule has 3 aromatic rings. The van der Waals surface area contributed by atoms with Crippen LogP contribution in [0, 0.1) is 5.82 Å². The molecule has 0 aliphatic carbocycles. The van der Waals surface area contributed by atoms with Gasteiger partial charge in [-0.1, -0.05) is 35.9 Å². The third kappa shape index (κ3) is 3.28. The first-order chi connectivity index (χ1) is 14.0. The zero-order valence-electron chi connectivity index (χ0n) is 14.9. The lowest BCUT2D eigenvalue weighted by Crippen LogP contribution is -2.30. The van der Waals surface area contributed by atoms with E-state index in [1.165, 1.54) is 36.5 Å². The van der Waals surface area contributed by atoms with Crippen molar-refractivity contribution in [1.82, 2.24) is 4.98 Å². The molecule has 2 aromatic carbocycles. The lowest BCUT2D eigenvalue weighted by Gasteiger charge is -2.24. The number of carbonyl (C=O) groups is 2. The van der Waals surface area contributed by atoms with Gasteiger partial charge in [0.15, 0.2) is 0 Å². The van der Waals surface area contributed by atoms with Gasteiger partial charge < -0.3 is 5.11 Å². The van der Waals surface area contributed by atoms with Crippen LogP contribution in [0.4, 0.5) is 10.2 Å². The van der Waals surface area contributed by atoms with E-state index in [9.17, 15) is 19.1 Å². The molecule has 1 atom stereocenters. The van der Waals surface area contributed by atoms with E-state index < -0.39 is 29.3 Å². The summed E-state index contributed by atoms with van der Waals surface area (Å²) < 4.78 is 14.7. The highest BCUT2D eigenvalue weighted by Crippen LogP contribution is 2.42. The topological polar surface area (TPSA) is 70.5 Å². The second kappa shape index (κ2) is 7.48. The fourth-order valence-electron chi connectivity index (χ4n) is 3.32. The number of aliphatic hydroxyl groups excluding tert-OH is 1. The molecular weight excluding hydrogens is 395 g/mol. The summed E-state index contributed by atoms with van der Waals surface area (Å²) >= 11 is 5.89. The van der Waals surface area contributed by atoms with Crippen LogP contribution in [-0.4, -0.2) is 21.8 Å². The van der Waals surface area contributed by atoms with Gasteiger partial charge in [-0.25, -0.2) is 9.37 Å². The Labute approximate surface area is 170 Å². The van der Waals surface area contributed by atoms with Crippen LogP contribution in [0.2, 0.25) is 5.02 Å². The summed E-state index contributed by atoms with van der Waals surface area (Å²) in [7, 11) is 0. The van der Waals surface area contributed by atoms with Crippen LogP contribution in [0.3, 0.4) is 0 Å². The van der Waals surface area contributed by atoms with Gasteiger partial charge in [0, 0.05) is 22.3 Å². The van der Waals surface area contributed by atoms with E-state index in [0.717, 1.165) is 4.90 Å². The van der Waals surface area contributed by atoms with Crippen LogP contribution in [0.25, 0.3) is 5.76 Å². The van der Waals surface area contributed by atoms with Gasteiger partial charge in [0.2, 0.25) is 0 Å². The zero-order valence-corrected chi connectivity index (χ0v) is 15.7. The average molecular weight is 409 g/mol. The van der Waals surface area contributed by atoms with Crippen LogP contribution in [0.15, 0.2) is 78.5 Å². The van der Waals surface area contributed by atoms with Crippen LogP contribution in [0.1, 0.15) is 17.2 Å². The third-order valence-electron chi connectivity index (χ3n) is 4.66. The van der Waals surface area contributed by atoms with Gasteiger partial charge in [0.05, 0.1) is 11.6 Å². The maximum atomic E-state index is 14.7. The van der Waals surface area contributed by atoms with E-state index in [2.05, 4.69) is 4.98 Å². The average Bonchev–Trinajstić information content (AvgIpc) is 3.00. The molecule has 7 heteroatoms. The summed E-state index contributed by atoms with van der Waals surface area (Å²) in [5.74, 6) is -2.66. The number of anilines is 1. The van der Waals surface area contributed by atoms with Crippen molar-refractivity contribution in [2.24, 2.45) is 0 Å². The minimum Gasteiger partial charge on any atom is -0.507 e. The predicted octanol–water partition coefficient (Wildman–Crippen LogP) is 4.50. The minimum absolute atomic E-state index is 0.0767. The van der Waals surface area contributed by atoms with Crippen LogP contribution < -0.4 is 4.90 Å². The monoisotopic (exact) mass is 408 g/mol. The molecule has 0 radical (unpaired) electrons. The van der Waals surface area contributed by atoms with Gasteiger partial charge in [-0.3, -0.25) is 14.5 Å². The number of aliphatic hydroxyl groups is 1. The molecule has 1 amide bonds. The molecule has 1 saturated heterocycles. The molecule has 1 fully saturated rings. The van der Waals surface area contributed by atoms with E-state index >= 15 is 0 Å². The van der Waals surface area contributed by atoms with Crippen molar-refractivity contribution in [1.29, 1.82) is 0 Å². The Morgan fingerprint density at radius 2 is 1.69 bits per heavy atom. The Morgan fingerprint density at radius 3 is 2.34 bits per heavy atom. The number of ketones is 1. The van der Waals surface area contributed by atoms with Crippen molar-refractivity contribution in [2.75, 3.05) is 4.90 Å². The van der Waals surface area contributed by atoms with Crippen molar-refractivity contribution in [3.05, 3.63) is 100 Å². The fourth-order valence-corrected chi connectivity index (χ4v) is 3.45. The number of benzene rings is 2. The van der Waals surface area contributed by atoms with Crippen LogP contribution >= 0.6 is 11.6 Å². The largest absolute Gasteiger partial charge is 0.507 e. The number of hydrogen-bond donors (Lipinski definition) is 1. The molecule has 1 N–H and O–H groups in total. The van der Waals surface area contributed by atoms with Gasteiger partial charge in [-0.05, 0) is 42.5 Å². The molecule has 1 aliphatic rings. The van der Waals surface area contributed by atoms with Crippen molar-refractivity contribution < 1.29 is 19.1 Å². The van der Waals surface area contributed by atoms with Gasteiger partial charge in [-0.15, -0.1) is 0 Å². The standard InChI is InChI=1S/C22H14ClFN2O3/c23-14-10-8-13(9-11-14)20(27)18-19(15-5-1-2-6-16(15)24)26(22(29)21(18)28)17-7-3-4-12-25-17/h1-12,19,27H. The number of halogens is 2. The van der Waals surface area contributed by atoms with E-state index in [1.807, 2.05) is 0 Å². The second-order valence-corrected chi connectivity index (χ2v) is 6.82. The first kappa shape index (κ1) is 18.8. The van der Waals surface area contributed by atoms with Gasteiger partial charge in [0.1, 0.15) is 17.4 Å². The summed E-state index contributed by atoms with van der Waals surface area (Å²) in [6.45, 7) is 0. The Kier molecular flexibility index (Phi) is 4.86. The number of rotatable bonds is 3. The first-order valence-electron chi connectivity index (χ1n) is 8.71. The first-order valence-corrected chi connectivity index (χ1v) is 9.09. The lowest BCUT2D eigenvalue weighted by atomic mass is 9.95. The van der Waals surface area contributed by atoms with Crippen molar-refractivity contribution in [2.45, 2.75) is 6.04 Å². The van der Waals surface area contributed by atoms with Crippen molar-refractivity contribution in [3.8, 4) is 0 Å². The number of pyridine rings is 1. The van der Waals surface area contributed by atoms with E-state index in [1.54, 1.807) is 36.4 Å². The van der Waals surface area contributed by atoms with Crippen molar-refractivity contribution in [3.63, 3.8) is 0 Å². The fraction of sp³-hybridized carbons (Fsp3) is 0.0455. The zero-order chi connectivity index (χ0) is 20.5. The molecule has 1 unspecified atom stereocenters. The molecule has 0 bridgehead atoms. The van der Waals surface area contributed by atoms with Gasteiger partial charge >= 0.3 is 5.91 Å². The number of nitrogens with zero attached hydrogens (tertiary/aromatic N) is 2. The highest BCUT2D eigenvalue weighted by molar-refractivity contribution is 6.51. The van der Waals surface area contributed by atoms with Gasteiger partial charge in [0.25, 0.3) is 5.78 Å². The Hall–Kier alpha value is -3.51. The number of amides is 1. The predicted molar refractivity (Wildman–Crippen MR) is 107 cm³/mol. The molecular formula is C22H14ClFN2O3. The van der Waals surface area contributed by atoms with E-state index in [-0.39, 0.29) is 22.5 Å². The third-order valence-corrected chi connectivity index (χ3v) is 4.91. The molecule has 2 heterocycles. The summed E-state index contributed by atoms with van der Waals surface area (Å²) in [6.07, 6.45) is 1.46. The molecule has 0 saturated carbocycles. The molecule has 4 rings (SSSR count). The quantitative estimate of drug-likeness (QED) is 0.393. The smallest absolute Gasteiger partial charge is 0.301 e. The number of aromatic nitrogens is 1. The number of carbonyl (C=O) groups excluding carboxylic acids is 2. The van der Waals surface area contributed by atoms with E-state index in [4.69, 9.17) is 11.6 Å². The molecule has 144 valence electrons. The molecule has 1 aromatic heterocycles. The molecule has 29 heavy (non-hydrogen) atoms. The maximum absolute atomic E-state index is 14.7. The summed E-state index contributed by atoms with van der Waals surface area (Å²) in [5.41, 5.74) is 0.149. The van der Waals surface area contributed by atoms with Crippen LogP contribution in [-0.2, 0) is 9.59 Å². The highest BCUT2D eigenvalue weighted by atomic mass is 35.5. The molecule has 1 aliphatic heterocycles. The second-order valence-electron chi connectivity index (χ2n) is 6.39. The van der Waals surface area contributed by atoms with Crippen LogP contribution in [0.5, 0.6) is 0 Å². The minimum atomic E-state index is -1.17. The highest BCUT2D eigenvalue weighted by Gasteiger charge is 2.48. The maximum Gasteiger partial charge on any atom is 0.301 e.